The molecule has 2 amide bonds. The summed E-state index contributed by atoms with van der Waals surface area (Å²) in [5.74, 6) is 0.301. The van der Waals surface area contributed by atoms with Crippen molar-refractivity contribution >= 4 is 12.0 Å². The predicted molar refractivity (Wildman–Crippen MR) is 116 cm³/mol. The van der Waals surface area contributed by atoms with Crippen LogP contribution in [0.15, 0.2) is 59.2 Å². The molecule has 5 rings (SSSR count). The van der Waals surface area contributed by atoms with Crippen LogP contribution in [0, 0.1) is 6.92 Å². The molecule has 2 aliphatic heterocycles. The Labute approximate surface area is 190 Å². The first-order chi connectivity index (χ1) is 16.0. The van der Waals surface area contributed by atoms with Gasteiger partial charge in [-0.05, 0) is 24.6 Å². The number of aryl methyl sites for hydroxylation is 1. The van der Waals surface area contributed by atoms with Crippen LogP contribution in [0.2, 0.25) is 0 Å². The van der Waals surface area contributed by atoms with E-state index in [-0.39, 0.29) is 18.6 Å². The number of ether oxygens (including phenoxy) is 2. The number of hydrogen-bond acceptors (Lipinski definition) is 7. The highest BCUT2D eigenvalue weighted by Crippen LogP contribution is 2.34. The number of aromatic nitrogens is 2. The van der Waals surface area contributed by atoms with Gasteiger partial charge in [-0.3, -0.25) is 9.69 Å². The molecule has 0 N–H and O–H groups in total. The maximum Gasteiger partial charge on any atom is 0.410 e. The molecule has 1 aromatic heterocycles. The van der Waals surface area contributed by atoms with Crippen LogP contribution >= 0.6 is 0 Å². The Kier molecular flexibility index (Phi) is 5.45. The maximum absolute atomic E-state index is 13.3. The van der Waals surface area contributed by atoms with E-state index in [1.807, 2.05) is 36.4 Å². The zero-order valence-electron chi connectivity index (χ0n) is 18.3. The number of benzene rings is 2. The van der Waals surface area contributed by atoms with Crippen LogP contribution in [0.3, 0.4) is 0 Å². The van der Waals surface area contributed by atoms with Crippen LogP contribution in [0.1, 0.15) is 33.7 Å². The number of amides is 2. The van der Waals surface area contributed by atoms with Gasteiger partial charge in [0, 0.05) is 19.5 Å². The molecular formula is C24H24N4O5. The van der Waals surface area contributed by atoms with Gasteiger partial charge in [0.25, 0.3) is 5.91 Å². The minimum Gasteiger partial charge on any atom is -0.486 e. The van der Waals surface area contributed by atoms with Crippen molar-refractivity contribution in [3.63, 3.8) is 0 Å². The van der Waals surface area contributed by atoms with E-state index in [0.29, 0.717) is 55.3 Å². The molecule has 33 heavy (non-hydrogen) atoms. The van der Waals surface area contributed by atoms with Crippen molar-refractivity contribution in [2.24, 2.45) is 0 Å². The molecule has 2 saturated heterocycles. The topological polar surface area (TPSA) is 98.0 Å². The van der Waals surface area contributed by atoms with E-state index in [1.165, 1.54) is 0 Å². The van der Waals surface area contributed by atoms with Crippen molar-refractivity contribution in [3.8, 4) is 5.75 Å². The minimum absolute atomic E-state index is 0.148. The number of carbonyl (C=O) groups is 2. The number of carbonyl (C=O) groups excluding carboxylic acids is 2. The third kappa shape index (κ3) is 4.26. The molecular weight excluding hydrogens is 424 g/mol. The van der Waals surface area contributed by atoms with Crippen LogP contribution in [0.4, 0.5) is 4.79 Å². The quantitative estimate of drug-likeness (QED) is 0.571. The second-order valence-corrected chi connectivity index (χ2v) is 8.45. The molecule has 9 nitrogen and oxygen atoms in total. The van der Waals surface area contributed by atoms with Crippen LogP contribution in [0.5, 0.6) is 5.75 Å². The van der Waals surface area contributed by atoms with Gasteiger partial charge in [0.15, 0.2) is 5.60 Å². The summed E-state index contributed by atoms with van der Waals surface area (Å²) in [4.78, 5) is 29.3. The summed E-state index contributed by atoms with van der Waals surface area (Å²) < 4.78 is 16.3. The van der Waals surface area contributed by atoms with Gasteiger partial charge in [-0.15, -0.1) is 0 Å². The largest absolute Gasteiger partial charge is 0.486 e. The molecule has 0 bridgehead atoms. The summed E-state index contributed by atoms with van der Waals surface area (Å²) in [6.45, 7) is 3.73. The van der Waals surface area contributed by atoms with Crippen molar-refractivity contribution in [2.45, 2.75) is 32.1 Å². The molecule has 2 aromatic carbocycles. The zero-order chi connectivity index (χ0) is 22.8. The number of hydrogen-bond donors (Lipinski definition) is 0. The first kappa shape index (κ1) is 21.0. The van der Waals surface area contributed by atoms with Gasteiger partial charge >= 0.3 is 6.09 Å². The van der Waals surface area contributed by atoms with E-state index >= 15 is 0 Å². The molecule has 0 saturated carbocycles. The monoisotopic (exact) mass is 448 g/mol. The van der Waals surface area contributed by atoms with E-state index in [1.54, 1.807) is 34.9 Å². The van der Waals surface area contributed by atoms with Crippen molar-refractivity contribution in [1.29, 1.82) is 0 Å². The summed E-state index contributed by atoms with van der Waals surface area (Å²) in [7, 11) is 0. The summed E-state index contributed by atoms with van der Waals surface area (Å²) in [6.07, 6.45) is 0.260. The molecule has 0 radical (unpaired) electrons. The molecule has 3 heterocycles. The van der Waals surface area contributed by atoms with Crippen molar-refractivity contribution < 1.29 is 23.7 Å². The Bertz CT molecular complexity index is 1160. The van der Waals surface area contributed by atoms with Gasteiger partial charge < -0.3 is 14.4 Å². The third-order valence-electron chi connectivity index (χ3n) is 6.09. The van der Waals surface area contributed by atoms with Crippen molar-refractivity contribution in [3.05, 3.63) is 77.1 Å². The molecule has 0 aliphatic carbocycles. The number of rotatable bonds is 6. The standard InChI is InChI=1S/C24H24N4O5/c1-17-20(26-33-25-17)14-31-21-10-6-5-9-19(21)22(29)27-12-11-24(15-27)16-28(23(30)32-24)13-18-7-3-2-4-8-18/h2-10H,11-16H2,1H3/t24-/m1/s1. The smallest absolute Gasteiger partial charge is 0.410 e. The van der Waals surface area contributed by atoms with Crippen LogP contribution < -0.4 is 4.74 Å². The Morgan fingerprint density at radius 2 is 1.88 bits per heavy atom. The zero-order valence-corrected chi connectivity index (χ0v) is 18.3. The average molecular weight is 448 g/mol. The first-order valence-electron chi connectivity index (χ1n) is 10.8. The van der Waals surface area contributed by atoms with Gasteiger partial charge in [-0.25, -0.2) is 9.42 Å². The number of nitrogens with zero attached hydrogens (tertiary/aromatic N) is 4. The second kappa shape index (κ2) is 8.57. The fourth-order valence-electron chi connectivity index (χ4n) is 4.32. The molecule has 2 fully saturated rings. The summed E-state index contributed by atoms with van der Waals surface area (Å²) in [5, 5.41) is 7.56. The van der Waals surface area contributed by atoms with Gasteiger partial charge in [0.1, 0.15) is 23.7 Å². The molecule has 1 atom stereocenters. The summed E-state index contributed by atoms with van der Waals surface area (Å²) in [5.41, 5.74) is 2.04. The Morgan fingerprint density at radius 1 is 1.09 bits per heavy atom. The van der Waals surface area contributed by atoms with E-state index in [4.69, 9.17) is 14.1 Å². The number of likely N-dealkylation sites (tertiary alicyclic amines) is 1. The van der Waals surface area contributed by atoms with Gasteiger partial charge in [0.2, 0.25) is 0 Å². The molecule has 170 valence electrons. The number of para-hydroxylation sites is 1. The Balaban J connectivity index is 1.26. The fourth-order valence-corrected chi connectivity index (χ4v) is 4.32. The fraction of sp³-hybridized carbons (Fsp3) is 0.333. The second-order valence-electron chi connectivity index (χ2n) is 8.45. The van der Waals surface area contributed by atoms with Crippen LogP contribution in [-0.2, 0) is 17.9 Å². The lowest BCUT2D eigenvalue weighted by Crippen LogP contribution is -2.39. The van der Waals surface area contributed by atoms with Gasteiger partial charge in [0.05, 0.1) is 18.7 Å². The Hall–Kier alpha value is -3.88. The van der Waals surface area contributed by atoms with E-state index in [2.05, 4.69) is 10.3 Å². The van der Waals surface area contributed by atoms with E-state index in [0.717, 1.165) is 5.56 Å². The molecule has 0 unspecified atom stereocenters. The lowest BCUT2D eigenvalue weighted by Gasteiger charge is -2.23. The summed E-state index contributed by atoms with van der Waals surface area (Å²) in [6, 6.07) is 16.9. The maximum atomic E-state index is 13.3. The SMILES string of the molecule is Cc1nonc1COc1ccccc1C(=O)N1CC[C@]2(CN(Cc3ccccc3)C(=O)O2)C1. The van der Waals surface area contributed by atoms with Crippen LogP contribution in [-0.4, -0.2) is 57.3 Å². The van der Waals surface area contributed by atoms with Crippen molar-refractivity contribution in [2.75, 3.05) is 19.6 Å². The summed E-state index contributed by atoms with van der Waals surface area (Å²) >= 11 is 0. The molecule has 3 aromatic rings. The van der Waals surface area contributed by atoms with Crippen LogP contribution in [0.25, 0.3) is 0 Å². The normalized spacial score (nSPS) is 19.8. The lowest BCUT2D eigenvalue weighted by molar-refractivity contribution is 0.0550. The average Bonchev–Trinajstić information content (AvgIpc) is 3.51. The highest BCUT2D eigenvalue weighted by Gasteiger charge is 2.50. The van der Waals surface area contributed by atoms with E-state index in [9.17, 15) is 9.59 Å². The molecule has 2 aliphatic rings. The first-order valence-corrected chi connectivity index (χ1v) is 10.8. The highest BCUT2D eigenvalue weighted by atomic mass is 16.6. The highest BCUT2D eigenvalue weighted by molar-refractivity contribution is 5.97. The van der Waals surface area contributed by atoms with Gasteiger partial charge in [-0.1, -0.05) is 52.8 Å². The van der Waals surface area contributed by atoms with Crippen molar-refractivity contribution in [1.82, 2.24) is 20.1 Å². The Morgan fingerprint density at radius 3 is 2.67 bits per heavy atom. The molecule has 9 heteroatoms. The van der Waals surface area contributed by atoms with E-state index < -0.39 is 5.60 Å². The lowest BCUT2D eigenvalue weighted by atomic mass is 10.0. The minimum atomic E-state index is -0.680. The predicted octanol–water partition coefficient (Wildman–Crippen LogP) is 3.19. The van der Waals surface area contributed by atoms with Gasteiger partial charge in [-0.2, -0.15) is 0 Å². The molecule has 1 spiro atoms. The third-order valence-corrected chi connectivity index (χ3v) is 6.09.